The van der Waals surface area contributed by atoms with Crippen LogP contribution in [0.3, 0.4) is 0 Å². The van der Waals surface area contributed by atoms with Gasteiger partial charge in [0.05, 0.1) is 13.2 Å². The van der Waals surface area contributed by atoms with E-state index >= 15 is 0 Å². The highest BCUT2D eigenvalue weighted by molar-refractivity contribution is 5.63. The van der Waals surface area contributed by atoms with Crippen LogP contribution in [0, 0.1) is 0 Å². The summed E-state index contributed by atoms with van der Waals surface area (Å²) in [7, 11) is 0. The number of morpholine rings is 1. The number of nitrogens with zero attached hydrogens (tertiary/aromatic N) is 5. The Hall–Kier alpha value is -3.26. The van der Waals surface area contributed by atoms with Crippen LogP contribution in [0.15, 0.2) is 48.8 Å². The minimum Gasteiger partial charge on any atom is -0.399 e. The minimum absolute atomic E-state index is 0.554. The lowest BCUT2D eigenvalue weighted by Crippen LogP contribution is -2.37. The first-order valence-electron chi connectivity index (χ1n) is 9.35. The predicted octanol–water partition coefficient (Wildman–Crippen LogP) is 2.01. The first kappa shape index (κ1) is 18.1. The quantitative estimate of drug-likeness (QED) is 0.629. The molecular formula is C20H23N7O. The Morgan fingerprint density at radius 3 is 2.75 bits per heavy atom. The Morgan fingerprint density at radius 2 is 1.96 bits per heavy atom. The van der Waals surface area contributed by atoms with Crippen LogP contribution in [-0.4, -0.2) is 52.8 Å². The van der Waals surface area contributed by atoms with Gasteiger partial charge in [-0.15, -0.1) is 0 Å². The number of ether oxygens (including phenoxy) is 1. The fourth-order valence-electron chi connectivity index (χ4n) is 3.02. The second kappa shape index (κ2) is 8.62. The summed E-state index contributed by atoms with van der Waals surface area (Å²) in [4.78, 5) is 20.2. The van der Waals surface area contributed by atoms with E-state index in [0.717, 1.165) is 30.6 Å². The molecule has 1 saturated heterocycles. The highest BCUT2D eigenvalue weighted by atomic mass is 16.5. The number of rotatable bonds is 6. The van der Waals surface area contributed by atoms with Crippen molar-refractivity contribution in [2.24, 2.45) is 0 Å². The van der Waals surface area contributed by atoms with Gasteiger partial charge in [-0.1, -0.05) is 18.2 Å². The van der Waals surface area contributed by atoms with E-state index in [0.29, 0.717) is 43.2 Å². The van der Waals surface area contributed by atoms with E-state index in [9.17, 15) is 0 Å². The van der Waals surface area contributed by atoms with Crippen molar-refractivity contribution in [2.45, 2.75) is 6.42 Å². The molecule has 0 amide bonds. The van der Waals surface area contributed by atoms with Gasteiger partial charge >= 0.3 is 0 Å². The number of nitrogen functional groups attached to an aromatic ring is 1. The Labute approximate surface area is 163 Å². The van der Waals surface area contributed by atoms with Crippen LogP contribution >= 0.6 is 0 Å². The minimum atomic E-state index is 0.554. The van der Waals surface area contributed by atoms with Crippen LogP contribution in [0.4, 0.5) is 17.6 Å². The van der Waals surface area contributed by atoms with Crippen molar-refractivity contribution >= 4 is 17.6 Å². The van der Waals surface area contributed by atoms with Gasteiger partial charge in [-0.2, -0.15) is 15.0 Å². The maximum Gasteiger partial charge on any atom is 0.230 e. The molecule has 1 aliphatic heterocycles. The molecule has 0 unspecified atom stereocenters. The van der Waals surface area contributed by atoms with Gasteiger partial charge in [0.15, 0.2) is 5.82 Å². The highest BCUT2D eigenvalue weighted by Crippen LogP contribution is 2.22. The Kier molecular flexibility index (Phi) is 5.58. The lowest BCUT2D eigenvalue weighted by atomic mass is 10.2. The third-order valence-corrected chi connectivity index (χ3v) is 4.48. The molecule has 1 fully saturated rings. The second-order valence-corrected chi connectivity index (χ2v) is 6.55. The molecule has 3 aromatic rings. The van der Waals surface area contributed by atoms with Crippen molar-refractivity contribution in [3.8, 4) is 11.4 Å². The zero-order chi connectivity index (χ0) is 19.2. The van der Waals surface area contributed by atoms with Gasteiger partial charge in [0.25, 0.3) is 0 Å². The van der Waals surface area contributed by atoms with E-state index in [1.165, 1.54) is 0 Å². The lowest BCUT2D eigenvalue weighted by molar-refractivity contribution is 0.122. The number of hydrogen-bond donors (Lipinski definition) is 2. The molecule has 0 atom stereocenters. The Balaban J connectivity index is 1.57. The standard InChI is InChI=1S/C20H23N7O/c21-17-5-1-4-16(13-17)18-24-19(23-8-6-15-3-2-7-22-14-15)26-20(25-18)27-9-11-28-12-10-27/h1-5,7,13-14H,6,8-12,21H2,(H,23,24,25,26). The SMILES string of the molecule is Nc1cccc(-c2nc(NCCc3cccnc3)nc(N3CCOCC3)n2)c1. The van der Waals surface area contributed by atoms with Crippen molar-refractivity contribution in [3.63, 3.8) is 0 Å². The van der Waals surface area contributed by atoms with Crippen LogP contribution in [0.5, 0.6) is 0 Å². The molecule has 2 aromatic heterocycles. The molecule has 1 aliphatic rings. The molecule has 144 valence electrons. The summed E-state index contributed by atoms with van der Waals surface area (Å²) in [5.74, 6) is 1.81. The summed E-state index contributed by atoms with van der Waals surface area (Å²) < 4.78 is 5.45. The van der Waals surface area contributed by atoms with Crippen LogP contribution in [-0.2, 0) is 11.2 Å². The molecule has 1 aromatic carbocycles. The molecule has 8 heteroatoms. The van der Waals surface area contributed by atoms with E-state index in [1.54, 1.807) is 6.20 Å². The van der Waals surface area contributed by atoms with Gasteiger partial charge in [-0.3, -0.25) is 4.98 Å². The fraction of sp³-hybridized carbons (Fsp3) is 0.300. The van der Waals surface area contributed by atoms with Gasteiger partial charge in [0, 0.05) is 43.3 Å². The van der Waals surface area contributed by atoms with Gasteiger partial charge in [0.2, 0.25) is 11.9 Å². The number of nitrogens with two attached hydrogens (primary N) is 1. The third-order valence-electron chi connectivity index (χ3n) is 4.48. The number of hydrogen-bond acceptors (Lipinski definition) is 8. The topological polar surface area (TPSA) is 102 Å². The molecule has 3 N–H and O–H groups in total. The van der Waals surface area contributed by atoms with Crippen molar-refractivity contribution in [1.82, 2.24) is 19.9 Å². The summed E-state index contributed by atoms with van der Waals surface area (Å²) in [5, 5.41) is 3.32. The summed E-state index contributed by atoms with van der Waals surface area (Å²) in [5.41, 5.74) is 8.65. The number of aromatic nitrogens is 4. The molecular weight excluding hydrogens is 354 g/mol. The van der Waals surface area contributed by atoms with Gasteiger partial charge in [-0.25, -0.2) is 0 Å². The van der Waals surface area contributed by atoms with Crippen molar-refractivity contribution in [2.75, 3.05) is 48.8 Å². The Bertz CT molecular complexity index is 913. The molecule has 0 aliphatic carbocycles. The predicted molar refractivity (Wildman–Crippen MR) is 109 cm³/mol. The van der Waals surface area contributed by atoms with Crippen LogP contribution in [0.2, 0.25) is 0 Å². The zero-order valence-corrected chi connectivity index (χ0v) is 15.6. The molecule has 0 saturated carbocycles. The molecule has 4 rings (SSSR count). The average molecular weight is 377 g/mol. The highest BCUT2D eigenvalue weighted by Gasteiger charge is 2.17. The maximum atomic E-state index is 5.94. The first-order chi connectivity index (χ1) is 13.8. The molecule has 0 radical (unpaired) electrons. The molecule has 28 heavy (non-hydrogen) atoms. The lowest BCUT2D eigenvalue weighted by Gasteiger charge is -2.27. The van der Waals surface area contributed by atoms with E-state index < -0.39 is 0 Å². The summed E-state index contributed by atoms with van der Waals surface area (Å²) in [6.07, 6.45) is 4.47. The molecule has 8 nitrogen and oxygen atoms in total. The largest absolute Gasteiger partial charge is 0.399 e. The number of anilines is 3. The van der Waals surface area contributed by atoms with Crippen LogP contribution in [0.25, 0.3) is 11.4 Å². The van der Waals surface area contributed by atoms with E-state index in [1.807, 2.05) is 36.5 Å². The molecule has 0 spiro atoms. The van der Waals surface area contributed by atoms with Crippen molar-refractivity contribution in [3.05, 3.63) is 54.4 Å². The number of benzene rings is 1. The Morgan fingerprint density at radius 1 is 1.07 bits per heavy atom. The third kappa shape index (κ3) is 4.52. The maximum absolute atomic E-state index is 5.94. The normalized spacial score (nSPS) is 14.1. The summed E-state index contributed by atoms with van der Waals surface area (Å²) >= 11 is 0. The number of nitrogens with one attached hydrogen (secondary N) is 1. The first-order valence-corrected chi connectivity index (χ1v) is 9.35. The van der Waals surface area contributed by atoms with Crippen molar-refractivity contribution < 1.29 is 4.74 Å². The fourth-order valence-corrected chi connectivity index (χ4v) is 3.02. The van der Waals surface area contributed by atoms with Crippen LogP contribution in [0.1, 0.15) is 5.56 Å². The van der Waals surface area contributed by atoms with E-state index in [2.05, 4.69) is 36.2 Å². The smallest absolute Gasteiger partial charge is 0.230 e. The van der Waals surface area contributed by atoms with E-state index in [-0.39, 0.29) is 0 Å². The van der Waals surface area contributed by atoms with Crippen LogP contribution < -0.4 is 16.0 Å². The zero-order valence-electron chi connectivity index (χ0n) is 15.6. The average Bonchev–Trinajstić information content (AvgIpc) is 2.75. The van der Waals surface area contributed by atoms with Gasteiger partial charge < -0.3 is 20.7 Å². The monoisotopic (exact) mass is 377 g/mol. The van der Waals surface area contributed by atoms with Gasteiger partial charge in [-0.05, 0) is 30.2 Å². The van der Waals surface area contributed by atoms with Crippen molar-refractivity contribution in [1.29, 1.82) is 0 Å². The van der Waals surface area contributed by atoms with E-state index in [4.69, 9.17) is 10.5 Å². The summed E-state index contributed by atoms with van der Waals surface area (Å²) in [6, 6.07) is 11.6. The van der Waals surface area contributed by atoms with Gasteiger partial charge in [0.1, 0.15) is 0 Å². The molecule has 0 bridgehead atoms. The number of pyridine rings is 1. The second-order valence-electron chi connectivity index (χ2n) is 6.55. The molecule has 3 heterocycles. The summed E-state index contributed by atoms with van der Waals surface area (Å²) in [6.45, 7) is 3.56.